The third kappa shape index (κ3) is 5.33. The topological polar surface area (TPSA) is 103 Å². The van der Waals surface area contributed by atoms with E-state index in [1.54, 1.807) is 10.9 Å². The zero-order valence-electron chi connectivity index (χ0n) is 18.4. The van der Waals surface area contributed by atoms with Gasteiger partial charge >= 0.3 is 0 Å². The van der Waals surface area contributed by atoms with Crippen LogP contribution >= 0.6 is 12.2 Å². The van der Waals surface area contributed by atoms with Gasteiger partial charge in [-0.05, 0) is 68.2 Å². The first-order chi connectivity index (χ1) is 16.0. The van der Waals surface area contributed by atoms with Crippen LogP contribution in [0.5, 0.6) is 0 Å². The minimum absolute atomic E-state index is 0.0612. The monoisotopic (exact) mass is 467 g/mol. The van der Waals surface area contributed by atoms with Crippen molar-refractivity contribution in [1.82, 2.24) is 30.6 Å². The van der Waals surface area contributed by atoms with Gasteiger partial charge in [0.1, 0.15) is 0 Å². The molecule has 3 heterocycles. The van der Waals surface area contributed by atoms with Crippen LogP contribution in [0.25, 0.3) is 5.69 Å². The molecule has 2 saturated heterocycles. The van der Waals surface area contributed by atoms with Crippen LogP contribution < -0.4 is 21.3 Å². The van der Waals surface area contributed by atoms with Crippen molar-refractivity contribution in [1.29, 1.82) is 0 Å². The molecule has 1 aromatic heterocycles. The molecule has 174 valence electrons. The van der Waals surface area contributed by atoms with E-state index in [9.17, 15) is 9.59 Å². The van der Waals surface area contributed by atoms with Gasteiger partial charge in [0.05, 0.1) is 11.7 Å². The average Bonchev–Trinajstić information content (AvgIpc) is 3.26. The van der Waals surface area contributed by atoms with Crippen molar-refractivity contribution in [3.63, 3.8) is 0 Å². The molecule has 5 rings (SSSR count). The molecule has 10 heteroatoms. The first-order valence-corrected chi connectivity index (χ1v) is 12.0. The number of amides is 2. The summed E-state index contributed by atoms with van der Waals surface area (Å²) in [6.45, 7) is 1.32. The third-order valence-electron chi connectivity index (χ3n) is 6.50. The van der Waals surface area contributed by atoms with Crippen LogP contribution in [0.1, 0.15) is 32.1 Å². The number of nitrogens with one attached hydrogen (secondary N) is 4. The van der Waals surface area contributed by atoms with Crippen molar-refractivity contribution in [3.8, 4) is 5.69 Å². The smallest absolute Gasteiger partial charge is 0.237 e. The highest BCUT2D eigenvalue weighted by molar-refractivity contribution is 7.80. The van der Waals surface area contributed by atoms with Crippen molar-refractivity contribution < 1.29 is 9.59 Å². The number of piperazine rings is 1. The molecule has 1 aliphatic carbocycles. The number of anilines is 1. The Morgan fingerprint density at radius 3 is 2.73 bits per heavy atom. The number of nitrogens with zero attached hydrogens (tertiary/aromatic N) is 3. The van der Waals surface area contributed by atoms with Crippen molar-refractivity contribution in [2.45, 2.75) is 56.3 Å². The van der Waals surface area contributed by atoms with Gasteiger partial charge in [-0.3, -0.25) is 14.5 Å². The summed E-state index contributed by atoms with van der Waals surface area (Å²) in [6.07, 6.45) is 7.75. The largest absolute Gasteiger partial charge is 0.358 e. The van der Waals surface area contributed by atoms with Gasteiger partial charge < -0.3 is 21.3 Å². The molecule has 2 aliphatic heterocycles. The molecule has 4 N–H and O–H groups in total. The maximum Gasteiger partial charge on any atom is 0.237 e. The lowest BCUT2D eigenvalue weighted by atomic mass is 10.0. The van der Waals surface area contributed by atoms with Crippen LogP contribution in [0.4, 0.5) is 5.69 Å². The van der Waals surface area contributed by atoms with E-state index in [4.69, 9.17) is 12.2 Å². The number of carbonyl (C=O) groups is 2. The molecule has 0 radical (unpaired) electrons. The van der Waals surface area contributed by atoms with E-state index in [0.717, 1.165) is 37.2 Å². The van der Waals surface area contributed by atoms with Crippen LogP contribution in [-0.2, 0) is 9.59 Å². The van der Waals surface area contributed by atoms with E-state index in [2.05, 4.69) is 31.3 Å². The second-order valence-electron chi connectivity index (χ2n) is 9.02. The van der Waals surface area contributed by atoms with Crippen LogP contribution in [0.2, 0.25) is 0 Å². The van der Waals surface area contributed by atoms with Crippen LogP contribution in [0.3, 0.4) is 0 Å². The molecule has 0 bridgehead atoms. The lowest BCUT2D eigenvalue weighted by Crippen LogP contribution is -2.58. The van der Waals surface area contributed by atoms with Gasteiger partial charge in [-0.25, -0.2) is 4.68 Å². The van der Waals surface area contributed by atoms with Gasteiger partial charge in [0.2, 0.25) is 11.8 Å². The van der Waals surface area contributed by atoms with E-state index < -0.39 is 0 Å². The molecule has 3 atom stereocenters. The number of carbonyl (C=O) groups excluding carboxylic acids is 2. The van der Waals surface area contributed by atoms with Gasteiger partial charge in [0.25, 0.3) is 0 Å². The average molecular weight is 468 g/mol. The number of hydrogen-bond acceptors (Lipinski definition) is 5. The van der Waals surface area contributed by atoms with Gasteiger partial charge in [-0.15, -0.1) is 0 Å². The molecular formula is C23H29N7O2S. The summed E-state index contributed by atoms with van der Waals surface area (Å²) in [7, 11) is 0. The standard InChI is InChI=1S/C23H29N7O2S/c31-21(26-15-2-3-15)9-8-19-13-24-22(32)20-12-17(14-29(19)20)28-23(33)27-16-4-6-18(7-5-16)30-11-1-10-25-30/h1,4-7,10-11,15,17,19-20H,2-3,8-9,12-14H2,(H,24,32)(H,26,31)(H2,27,28,33). The highest BCUT2D eigenvalue weighted by Gasteiger charge is 2.43. The van der Waals surface area contributed by atoms with Gasteiger partial charge in [-0.1, -0.05) is 0 Å². The molecule has 3 unspecified atom stereocenters. The van der Waals surface area contributed by atoms with Crippen LogP contribution in [0.15, 0.2) is 42.7 Å². The Morgan fingerprint density at radius 2 is 2.00 bits per heavy atom. The predicted octanol–water partition coefficient (Wildman–Crippen LogP) is 1.16. The molecule has 9 nitrogen and oxygen atoms in total. The first-order valence-electron chi connectivity index (χ1n) is 11.6. The Morgan fingerprint density at radius 1 is 1.18 bits per heavy atom. The Kier molecular flexibility index (Phi) is 6.28. The highest BCUT2D eigenvalue weighted by atomic mass is 32.1. The molecule has 1 saturated carbocycles. The Hall–Kier alpha value is -2.98. The van der Waals surface area contributed by atoms with E-state index in [1.807, 2.05) is 36.5 Å². The quantitative estimate of drug-likeness (QED) is 0.453. The molecule has 2 aromatic rings. The molecular weight excluding hydrogens is 438 g/mol. The first kappa shape index (κ1) is 21.8. The summed E-state index contributed by atoms with van der Waals surface area (Å²) in [6, 6.07) is 10.2. The van der Waals surface area contributed by atoms with E-state index in [0.29, 0.717) is 30.5 Å². The third-order valence-corrected chi connectivity index (χ3v) is 6.72. The summed E-state index contributed by atoms with van der Waals surface area (Å²) in [5, 5.41) is 17.4. The molecule has 2 amide bonds. The number of hydrogen-bond donors (Lipinski definition) is 4. The van der Waals surface area contributed by atoms with Gasteiger partial charge in [-0.2, -0.15) is 5.10 Å². The second-order valence-corrected chi connectivity index (χ2v) is 9.43. The fraction of sp³-hybridized carbons (Fsp3) is 0.478. The van der Waals surface area contributed by atoms with Crippen LogP contribution in [-0.4, -0.2) is 68.9 Å². The zero-order chi connectivity index (χ0) is 22.8. The summed E-state index contributed by atoms with van der Waals surface area (Å²) in [5.41, 5.74) is 1.86. The van der Waals surface area contributed by atoms with Crippen LogP contribution in [0, 0.1) is 0 Å². The second kappa shape index (κ2) is 9.48. The maximum atomic E-state index is 12.4. The van der Waals surface area contributed by atoms with Crippen molar-refractivity contribution in [2.24, 2.45) is 0 Å². The Bertz CT molecular complexity index is 1010. The number of aromatic nitrogens is 2. The lowest BCUT2D eigenvalue weighted by molar-refractivity contribution is -0.129. The number of rotatable bonds is 7. The fourth-order valence-electron chi connectivity index (χ4n) is 4.65. The SMILES string of the molecule is O=C(CCC1CNC(=O)C2CC(NC(=S)Nc3ccc(-n4cccn4)cc3)CN12)NC1CC1. The van der Waals surface area contributed by atoms with Gasteiger partial charge in [0, 0.05) is 55.7 Å². The molecule has 3 aliphatic rings. The predicted molar refractivity (Wildman–Crippen MR) is 129 cm³/mol. The maximum absolute atomic E-state index is 12.4. The molecule has 0 spiro atoms. The summed E-state index contributed by atoms with van der Waals surface area (Å²) < 4.78 is 1.80. The number of fused-ring (bicyclic) bond motifs is 1. The van der Waals surface area contributed by atoms with E-state index >= 15 is 0 Å². The Labute approximate surface area is 198 Å². The minimum atomic E-state index is -0.177. The number of thiocarbonyl (C=S) groups is 1. The van der Waals surface area contributed by atoms with Crippen molar-refractivity contribution >= 4 is 34.8 Å². The lowest BCUT2D eigenvalue weighted by Gasteiger charge is -2.37. The molecule has 1 aromatic carbocycles. The Balaban J connectivity index is 1.13. The summed E-state index contributed by atoms with van der Waals surface area (Å²) >= 11 is 5.53. The highest BCUT2D eigenvalue weighted by Crippen LogP contribution is 2.26. The van der Waals surface area contributed by atoms with Gasteiger partial charge in [0.15, 0.2) is 5.11 Å². The number of benzene rings is 1. The summed E-state index contributed by atoms with van der Waals surface area (Å²) in [5.74, 6) is 0.176. The van der Waals surface area contributed by atoms with Crippen molar-refractivity contribution in [2.75, 3.05) is 18.4 Å². The normalized spacial score (nSPS) is 24.6. The van der Waals surface area contributed by atoms with E-state index in [1.165, 1.54) is 0 Å². The molecule has 3 fully saturated rings. The fourth-order valence-corrected chi connectivity index (χ4v) is 4.93. The van der Waals surface area contributed by atoms with E-state index in [-0.39, 0.29) is 29.9 Å². The molecule has 33 heavy (non-hydrogen) atoms. The van der Waals surface area contributed by atoms with Crippen molar-refractivity contribution in [3.05, 3.63) is 42.7 Å². The summed E-state index contributed by atoms with van der Waals surface area (Å²) in [4.78, 5) is 26.8. The zero-order valence-corrected chi connectivity index (χ0v) is 19.2. The minimum Gasteiger partial charge on any atom is -0.358 e.